The van der Waals surface area contributed by atoms with E-state index in [1.807, 2.05) is 0 Å². The first kappa shape index (κ1) is 11.5. The summed E-state index contributed by atoms with van der Waals surface area (Å²) in [5.74, 6) is -2.86. The monoisotopic (exact) mass is 254 g/mol. The molecule has 0 aromatic carbocycles. The maximum atomic E-state index is 13.4. The Kier molecular flexibility index (Phi) is 2.38. The molecule has 0 bridgehead atoms. The van der Waals surface area contributed by atoms with Gasteiger partial charge in [-0.1, -0.05) is 0 Å². The Labute approximate surface area is 102 Å². The molecular formula is C12H12F2N2O2. The van der Waals surface area contributed by atoms with Crippen LogP contribution < -0.4 is 0 Å². The van der Waals surface area contributed by atoms with Crippen LogP contribution >= 0.6 is 0 Å². The number of halogens is 2. The van der Waals surface area contributed by atoms with Gasteiger partial charge in [0.2, 0.25) is 5.95 Å². The first-order valence-corrected chi connectivity index (χ1v) is 5.83. The van der Waals surface area contributed by atoms with E-state index in [9.17, 15) is 18.7 Å². The first-order valence-electron chi connectivity index (χ1n) is 5.83. The highest BCUT2D eigenvalue weighted by molar-refractivity contribution is 5.95. The number of pyridine rings is 1. The van der Waals surface area contributed by atoms with Crippen molar-refractivity contribution < 1.29 is 18.7 Å². The molecular weight excluding hydrogens is 242 g/mol. The predicted molar refractivity (Wildman–Crippen MR) is 57.7 cm³/mol. The molecule has 0 radical (unpaired) electrons. The summed E-state index contributed by atoms with van der Waals surface area (Å²) >= 11 is 0. The minimum atomic E-state index is -1.28. The Morgan fingerprint density at radius 1 is 1.44 bits per heavy atom. The minimum Gasteiger partial charge on any atom is -0.386 e. The smallest absolute Gasteiger partial charge is 0.257 e. The fraction of sp³-hybridized carbons (Fsp3) is 0.500. The van der Waals surface area contributed by atoms with Crippen LogP contribution in [0.2, 0.25) is 0 Å². The number of likely N-dealkylation sites (tertiary alicyclic amines) is 1. The Morgan fingerprint density at radius 3 is 2.72 bits per heavy atom. The van der Waals surface area contributed by atoms with Crippen LogP contribution in [-0.4, -0.2) is 39.6 Å². The van der Waals surface area contributed by atoms with Gasteiger partial charge in [0.15, 0.2) is 5.82 Å². The number of aliphatic hydroxyl groups is 1. The van der Waals surface area contributed by atoms with Gasteiger partial charge >= 0.3 is 0 Å². The third-order valence-electron chi connectivity index (χ3n) is 3.63. The van der Waals surface area contributed by atoms with E-state index < -0.39 is 23.3 Å². The van der Waals surface area contributed by atoms with Crippen molar-refractivity contribution in [2.24, 2.45) is 5.92 Å². The topological polar surface area (TPSA) is 53.4 Å². The largest absolute Gasteiger partial charge is 0.386 e. The quantitative estimate of drug-likeness (QED) is 0.800. The van der Waals surface area contributed by atoms with Crippen molar-refractivity contribution in [2.45, 2.75) is 18.4 Å². The second-order valence-electron chi connectivity index (χ2n) is 5.00. The Hall–Kier alpha value is -1.56. The molecule has 2 fully saturated rings. The summed E-state index contributed by atoms with van der Waals surface area (Å²) in [6.07, 6.45) is 2.99. The predicted octanol–water partition coefficient (Wildman–Crippen LogP) is 0.957. The molecule has 1 N–H and O–H groups in total. The summed E-state index contributed by atoms with van der Waals surface area (Å²) in [4.78, 5) is 16.4. The van der Waals surface area contributed by atoms with Crippen molar-refractivity contribution in [3.63, 3.8) is 0 Å². The van der Waals surface area contributed by atoms with E-state index in [1.54, 1.807) is 0 Å². The van der Waals surface area contributed by atoms with Crippen LogP contribution in [-0.2, 0) is 0 Å². The molecule has 2 heterocycles. The highest BCUT2D eigenvalue weighted by Gasteiger charge is 2.53. The van der Waals surface area contributed by atoms with Crippen LogP contribution in [0.25, 0.3) is 0 Å². The number of amides is 1. The van der Waals surface area contributed by atoms with E-state index >= 15 is 0 Å². The van der Waals surface area contributed by atoms with Gasteiger partial charge in [-0.3, -0.25) is 4.79 Å². The zero-order valence-electron chi connectivity index (χ0n) is 9.57. The number of carbonyl (C=O) groups is 1. The minimum absolute atomic E-state index is 0.194. The zero-order chi connectivity index (χ0) is 12.9. The van der Waals surface area contributed by atoms with Gasteiger partial charge in [-0.15, -0.1) is 0 Å². The number of hydrogen-bond acceptors (Lipinski definition) is 3. The Morgan fingerprint density at radius 2 is 2.11 bits per heavy atom. The SMILES string of the molecule is O=C(c1ccnc(F)c1F)N1CC(O)(C2CC2)C1. The fourth-order valence-corrected chi connectivity index (χ4v) is 2.39. The molecule has 1 aliphatic heterocycles. The summed E-state index contributed by atoms with van der Waals surface area (Å²) in [5, 5.41) is 10.1. The maximum Gasteiger partial charge on any atom is 0.257 e. The molecule has 0 unspecified atom stereocenters. The van der Waals surface area contributed by atoms with Gasteiger partial charge in [-0.05, 0) is 24.8 Å². The molecule has 3 rings (SSSR count). The average Bonchev–Trinajstić information content (AvgIpc) is 3.12. The molecule has 96 valence electrons. The summed E-state index contributed by atoms with van der Waals surface area (Å²) in [5.41, 5.74) is -1.15. The Balaban J connectivity index is 1.74. The van der Waals surface area contributed by atoms with Gasteiger partial charge in [-0.2, -0.15) is 4.39 Å². The molecule has 4 nitrogen and oxygen atoms in total. The molecule has 1 aliphatic carbocycles. The van der Waals surface area contributed by atoms with Crippen LogP contribution in [0, 0.1) is 17.7 Å². The van der Waals surface area contributed by atoms with E-state index in [0.717, 1.165) is 25.1 Å². The van der Waals surface area contributed by atoms with E-state index in [-0.39, 0.29) is 24.6 Å². The molecule has 1 saturated carbocycles. The molecule has 18 heavy (non-hydrogen) atoms. The number of carbonyl (C=O) groups excluding carboxylic acids is 1. The van der Waals surface area contributed by atoms with Crippen LogP contribution in [0.3, 0.4) is 0 Å². The zero-order valence-corrected chi connectivity index (χ0v) is 9.57. The van der Waals surface area contributed by atoms with Crippen molar-refractivity contribution in [3.05, 3.63) is 29.6 Å². The second-order valence-corrected chi connectivity index (χ2v) is 5.00. The molecule has 6 heteroatoms. The fourth-order valence-electron chi connectivity index (χ4n) is 2.39. The highest BCUT2D eigenvalue weighted by atomic mass is 19.2. The lowest BCUT2D eigenvalue weighted by molar-refractivity contribution is -0.0959. The highest BCUT2D eigenvalue weighted by Crippen LogP contribution is 2.44. The third kappa shape index (κ3) is 1.68. The van der Waals surface area contributed by atoms with E-state index in [4.69, 9.17) is 0 Å². The van der Waals surface area contributed by atoms with Crippen LogP contribution in [0.4, 0.5) is 8.78 Å². The second kappa shape index (κ2) is 3.71. The van der Waals surface area contributed by atoms with Crippen LogP contribution in [0.1, 0.15) is 23.2 Å². The molecule has 1 aromatic heterocycles. The molecule has 1 amide bonds. The van der Waals surface area contributed by atoms with Crippen LogP contribution in [0.5, 0.6) is 0 Å². The van der Waals surface area contributed by atoms with E-state index in [0.29, 0.717) is 0 Å². The maximum absolute atomic E-state index is 13.4. The number of rotatable bonds is 2. The summed E-state index contributed by atoms with van der Waals surface area (Å²) in [7, 11) is 0. The number of hydrogen-bond donors (Lipinski definition) is 1. The lowest BCUT2D eigenvalue weighted by Crippen LogP contribution is -2.64. The van der Waals surface area contributed by atoms with Crippen molar-refractivity contribution in [1.29, 1.82) is 0 Å². The third-order valence-corrected chi connectivity index (χ3v) is 3.63. The molecule has 1 aromatic rings. The number of β-amino-alcohol motifs (C(OH)–C–C–N with tert-alkyl or cyclic N) is 1. The number of aromatic nitrogens is 1. The normalized spacial score (nSPS) is 21.6. The average molecular weight is 254 g/mol. The first-order chi connectivity index (χ1) is 8.51. The molecule has 1 saturated heterocycles. The molecule has 2 aliphatic rings. The molecule has 0 spiro atoms. The van der Waals surface area contributed by atoms with E-state index in [2.05, 4.69) is 4.98 Å². The summed E-state index contributed by atoms with van der Waals surface area (Å²) < 4.78 is 26.3. The van der Waals surface area contributed by atoms with Crippen molar-refractivity contribution in [3.8, 4) is 0 Å². The van der Waals surface area contributed by atoms with Gasteiger partial charge in [0, 0.05) is 6.20 Å². The van der Waals surface area contributed by atoms with Gasteiger partial charge in [-0.25, -0.2) is 9.37 Å². The van der Waals surface area contributed by atoms with Gasteiger partial charge in [0.05, 0.1) is 18.7 Å². The molecule has 0 atom stereocenters. The summed E-state index contributed by atoms with van der Waals surface area (Å²) in [6, 6.07) is 1.15. The van der Waals surface area contributed by atoms with Gasteiger partial charge in [0.25, 0.3) is 5.91 Å². The van der Waals surface area contributed by atoms with Crippen LogP contribution in [0.15, 0.2) is 12.3 Å². The Bertz CT molecular complexity index is 511. The van der Waals surface area contributed by atoms with Crippen molar-refractivity contribution in [1.82, 2.24) is 9.88 Å². The van der Waals surface area contributed by atoms with Gasteiger partial charge < -0.3 is 10.0 Å². The number of nitrogens with zero attached hydrogens (tertiary/aromatic N) is 2. The standard InChI is InChI=1S/C12H12F2N2O2/c13-9-8(3-4-15-10(9)14)11(17)16-5-12(18,6-16)7-1-2-7/h3-4,7,18H,1-2,5-6H2. The summed E-state index contributed by atoms with van der Waals surface area (Å²) in [6.45, 7) is 0.389. The van der Waals surface area contributed by atoms with Crippen molar-refractivity contribution >= 4 is 5.91 Å². The van der Waals surface area contributed by atoms with Gasteiger partial charge in [0.1, 0.15) is 5.60 Å². The lowest BCUT2D eigenvalue weighted by atomic mass is 9.88. The lowest BCUT2D eigenvalue weighted by Gasteiger charge is -2.47. The van der Waals surface area contributed by atoms with E-state index in [1.165, 1.54) is 4.90 Å². The van der Waals surface area contributed by atoms with Crippen molar-refractivity contribution in [2.75, 3.05) is 13.1 Å².